The fraction of sp³-hybridized carbons (Fsp3) is 0.600. The van der Waals surface area contributed by atoms with Crippen LogP contribution in [0.5, 0.6) is 11.5 Å². The van der Waals surface area contributed by atoms with Crippen LogP contribution in [0.25, 0.3) is 11.3 Å². The van der Waals surface area contributed by atoms with Crippen LogP contribution in [0.3, 0.4) is 0 Å². The Kier molecular flexibility index (Phi) is 7.44. The fourth-order valence-corrected chi connectivity index (χ4v) is 5.39. The van der Waals surface area contributed by atoms with Crippen molar-refractivity contribution in [2.75, 3.05) is 40.4 Å². The van der Waals surface area contributed by atoms with Crippen LogP contribution in [0.15, 0.2) is 24.3 Å². The number of benzene rings is 1. The van der Waals surface area contributed by atoms with Crippen molar-refractivity contribution in [3.63, 3.8) is 0 Å². The molecule has 0 spiro atoms. The molecule has 5 rings (SSSR count). The first-order valence-corrected chi connectivity index (χ1v) is 12.3. The molecule has 2 aromatic rings. The Balaban J connectivity index is 1.42. The van der Waals surface area contributed by atoms with Crippen LogP contribution < -0.4 is 20.1 Å². The lowest BCUT2D eigenvalue weighted by Gasteiger charge is -2.50. The number of fused-ring (bicyclic) bond motifs is 3. The SMILES string of the molecule is COc1ccc(-c2cc([C@H]3CN4CC[C@H]3C[C@@H]4CNC(=S)NCC(C)C)n(C)n2)cc1OC. The molecular weight excluding hydrogens is 434 g/mol. The van der Waals surface area contributed by atoms with Gasteiger partial charge in [-0.1, -0.05) is 13.8 Å². The summed E-state index contributed by atoms with van der Waals surface area (Å²) in [7, 11) is 5.38. The third kappa shape index (κ3) is 5.27. The number of thiocarbonyl (C=S) groups is 1. The van der Waals surface area contributed by atoms with Crippen molar-refractivity contribution < 1.29 is 9.47 Å². The van der Waals surface area contributed by atoms with Crippen LogP contribution in [-0.2, 0) is 7.05 Å². The van der Waals surface area contributed by atoms with Crippen molar-refractivity contribution in [2.45, 2.75) is 38.6 Å². The van der Waals surface area contributed by atoms with E-state index in [0.29, 0.717) is 23.8 Å². The number of aromatic nitrogens is 2. The molecule has 0 radical (unpaired) electrons. The molecule has 2 N–H and O–H groups in total. The van der Waals surface area contributed by atoms with Gasteiger partial charge < -0.3 is 20.1 Å². The van der Waals surface area contributed by atoms with Crippen LogP contribution in [0, 0.1) is 11.8 Å². The smallest absolute Gasteiger partial charge is 0.166 e. The molecule has 4 atom stereocenters. The normalized spacial score (nSPS) is 24.1. The van der Waals surface area contributed by atoms with Crippen molar-refractivity contribution in [3.05, 3.63) is 30.0 Å². The van der Waals surface area contributed by atoms with Gasteiger partial charge in [0.15, 0.2) is 16.6 Å². The highest BCUT2D eigenvalue weighted by atomic mass is 32.1. The third-order valence-electron chi connectivity index (χ3n) is 7.02. The highest BCUT2D eigenvalue weighted by molar-refractivity contribution is 7.80. The molecule has 0 saturated carbocycles. The van der Waals surface area contributed by atoms with Crippen molar-refractivity contribution in [1.82, 2.24) is 25.3 Å². The number of nitrogens with one attached hydrogen (secondary N) is 2. The molecule has 3 aliphatic heterocycles. The zero-order valence-corrected chi connectivity index (χ0v) is 21.2. The number of rotatable bonds is 8. The van der Waals surface area contributed by atoms with E-state index in [-0.39, 0.29) is 0 Å². The Morgan fingerprint density at radius 3 is 2.64 bits per heavy atom. The maximum Gasteiger partial charge on any atom is 0.166 e. The molecule has 1 aromatic carbocycles. The predicted octanol–water partition coefficient (Wildman–Crippen LogP) is 3.40. The molecule has 4 heterocycles. The van der Waals surface area contributed by atoms with Crippen LogP contribution in [-0.4, -0.2) is 66.2 Å². The summed E-state index contributed by atoms with van der Waals surface area (Å²) in [4.78, 5) is 2.63. The van der Waals surface area contributed by atoms with Gasteiger partial charge in [-0.05, 0) is 67.7 Å². The first kappa shape index (κ1) is 23.8. The summed E-state index contributed by atoms with van der Waals surface area (Å²) in [5, 5.41) is 12.4. The van der Waals surface area contributed by atoms with Gasteiger partial charge in [0.05, 0.1) is 19.9 Å². The maximum absolute atomic E-state index is 5.48. The summed E-state index contributed by atoms with van der Waals surface area (Å²) in [5.41, 5.74) is 3.33. The molecule has 1 aromatic heterocycles. The van der Waals surface area contributed by atoms with Gasteiger partial charge >= 0.3 is 0 Å². The standard InChI is InChI=1S/C25H37N5O2S/c1-16(2)13-26-25(33)27-14-19-10-17-8-9-30(19)15-20(17)22-12-21(28-29(22)3)18-6-7-23(31-4)24(11-18)32-5/h6-7,11-12,16-17,19-20H,8-10,13-15H2,1-5H3,(H2,26,27,33)/t17-,19+,20-/m0/s1. The molecule has 180 valence electrons. The van der Waals surface area contributed by atoms with Gasteiger partial charge in [-0.25, -0.2) is 0 Å². The second-order valence-corrected chi connectivity index (χ2v) is 10.1. The number of hydrogen-bond donors (Lipinski definition) is 2. The Morgan fingerprint density at radius 1 is 1.18 bits per heavy atom. The number of methoxy groups -OCH3 is 2. The van der Waals surface area contributed by atoms with Gasteiger partial charge in [-0.15, -0.1) is 0 Å². The van der Waals surface area contributed by atoms with Gasteiger partial charge in [0.25, 0.3) is 0 Å². The van der Waals surface area contributed by atoms with E-state index in [2.05, 4.69) is 47.2 Å². The number of ether oxygens (including phenoxy) is 2. The zero-order valence-electron chi connectivity index (χ0n) is 20.4. The Labute approximate surface area is 202 Å². The lowest BCUT2D eigenvalue weighted by atomic mass is 9.74. The first-order chi connectivity index (χ1) is 15.9. The average molecular weight is 472 g/mol. The van der Waals surface area contributed by atoms with Gasteiger partial charge in [0.1, 0.15) is 0 Å². The Bertz CT molecular complexity index is 976. The maximum atomic E-state index is 5.48. The van der Waals surface area contributed by atoms with Gasteiger partial charge in [0, 0.05) is 49.9 Å². The van der Waals surface area contributed by atoms with Crippen molar-refractivity contribution in [1.29, 1.82) is 0 Å². The van der Waals surface area contributed by atoms with Crippen molar-refractivity contribution in [2.24, 2.45) is 18.9 Å². The van der Waals surface area contributed by atoms with Crippen molar-refractivity contribution in [3.8, 4) is 22.8 Å². The zero-order chi connectivity index (χ0) is 23.5. The number of hydrogen-bond acceptors (Lipinski definition) is 5. The Hall–Kier alpha value is -2.32. The van der Waals surface area contributed by atoms with E-state index in [9.17, 15) is 0 Å². The second-order valence-electron chi connectivity index (χ2n) is 9.67. The van der Waals surface area contributed by atoms with Crippen molar-refractivity contribution >= 4 is 17.3 Å². The van der Waals surface area contributed by atoms with Crippen LogP contribution >= 0.6 is 12.2 Å². The van der Waals surface area contributed by atoms with Gasteiger partial charge in [0.2, 0.25) is 0 Å². The van der Waals surface area contributed by atoms with Crippen LogP contribution in [0.1, 0.15) is 38.3 Å². The summed E-state index contributed by atoms with van der Waals surface area (Å²) >= 11 is 5.46. The van der Waals surface area contributed by atoms with E-state index in [1.165, 1.54) is 25.1 Å². The van der Waals surface area contributed by atoms with Gasteiger partial charge in [-0.3, -0.25) is 9.58 Å². The lowest BCUT2D eigenvalue weighted by Crippen LogP contribution is -2.56. The van der Waals surface area contributed by atoms with E-state index in [4.69, 9.17) is 26.8 Å². The number of nitrogens with zero attached hydrogens (tertiary/aromatic N) is 3. The highest BCUT2D eigenvalue weighted by Gasteiger charge is 2.41. The predicted molar refractivity (Wildman–Crippen MR) is 136 cm³/mol. The third-order valence-corrected chi connectivity index (χ3v) is 7.31. The molecule has 33 heavy (non-hydrogen) atoms. The molecule has 0 aliphatic carbocycles. The largest absolute Gasteiger partial charge is 0.493 e. The van der Waals surface area contributed by atoms with E-state index in [0.717, 1.165) is 47.5 Å². The molecule has 8 heteroatoms. The average Bonchev–Trinajstić information content (AvgIpc) is 3.22. The molecule has 0 amide bonds. The molecule has 3 aliphatic rings. The summed E-state index contributed by atoms with van der Waals surface area (Å²) < 4.78 is 12.9. The summed E-state index contributed by atoms with van der Waals surface area (Å²) in [6.45, 7) is 8.45. The van der Waals surface area contributed by atoms with E-state index < -0.39 is 0 Å². The molecule has 7 nitrogen and oxygen atoms in total. The quantitative estimate of drug-likeness (QED) is 0.572. The lowest BCUT2D eigenvalue weighted by molar-refractivity contribution is 0.0303. The minimum absolute atomic E-state index is 0.507. The molecule has 3 saturated heterocycles. The van der Waals surface area contributed by atoms with E-state index >= 15 is 0 Å². The molecule has 1 unspecified atom stereocenters. The van der Waals surface area contributed by atoms with E-state index in [1.54, 1.807) is 14.2 Å². The van der Waals surface area contributed by atoms with Crippen LogP contribution in [0.2, 0.25) is 0 Å². The molecule has 2 bridgehead atoms. The van der Waals surface area contributed by atoms with E-state index in [1.807, 2.05) is 18.2 Å². The molecular formula is C25H37N5O2S. The number of aryl methyl sites for hydroxylation is 1. The first-order valence-electron chi connectivity index (χ1n) is 11.9. The summed E-state index contributed by atoms with van der Waals surface area (Å²) in [6, 6.07) is 8.78. The highest BCUT2D eigenvalue weighted by Crippen LogP contribution is 2.42. The fourth-order valence-electron chi connectivity index (χ4n) is 5.22. The second kappa shape index (κ2) is 10.3. The van der Waals surface area contributed by atoms with Gasteiger partial charge in [-0.2, -0.15) is 5.10 Å². The molecule has 3 fully saturated rings. The summed E-state index contributed by atoms with van der Waals surface area (Å²) in [6.07, 6.45) is 2.44. The number of piperidine rings is 3. The topological polar surface area (TPSA) is 63.6 Å². The monoisotopic (exact) mass is 471 g/mol. The minimum atomic E-state index is 0.507. The minimum Gasteiger partial charge on any atom is -0.493 e. The Morgan fingerprint density at radius 2 is 1.97 bits per heavy atom. The summed E-state index contributed by atoms with van der Waals surface area (Å²) in [5.74, 6) is 3.22. The van der Waals surface area contributed by atoms with Crippen LogP contribution in [0.4, 0.5) is 0 Å².